The van der Waals surface area contributed by atoms with E-state index in [0.717, 1.165) is 17.9 Å². The number of nitrogens with zero attached hydrogens (tertiary/aromatic N) is 2. The molecule has 11 heteroatoms. The second-order valence-electron chi connectivity index (χ2n) is 8.64. The summed E-state index contributed by atoms with van der Waals surface area (Å²) in [6.45, 7) is 3.52. The molecule has 0 radical (unpaired) electrons. The largest absolute Gasteiger partial charge is 0.486 e. The van der Waals surface area contributed by atoms with Crippen molar-refractivity contribution in [2.75, 3.05) is 13.2 Å². The van der Waals surface area contributed by atoms with Gasteiger partial charge < -0.3 is 28.6 Å². The molecule has 0 saturated carbocycles. The number of halogens is 1. The van der Waals surface area contributed by atoms with Crippen LogP contribution in [0, 0.1) is 0 Å². The molecule has 0 fully saturated rings. The number of hydrogen-bond donors (Lipinski definition) is 1. The van der Waals surface area contributed by atoms with Crippen molar-refractivity contribution in [2.45, 2.75) is 45.1 Å². The lowest BCUT2D eigenvalue weighted by Crippen LogP contribution is -2.47. The lowest BCUT2D eigenvalue weighted by atomic mass is 9.84. The number of fused-ring (bicyclic) bond motifs is 3. The minimum absolute atomic E-state index is 0.0206. The van der Waals surface area contributed by atoms with Gasteiger partial charge in [0, 0.05) is 35.7 Å². The quantitative estimate of drug-likeness (QED) is 0.379. The van der Waals surface area contributed by atoms with E-state index in [4.69, 9.17) is 18.9 Å². The fourth-order valence-corrected chi connectivity index (χ4v) is 4.99. The summed E-state index contributed by atoms with van der Waals surface area (Å²) in [4.78, 5) is 42.2. The summed E-state index contributed by atoms with van der Waals surface area (Å²) in [6.07, 6.45) is -0.0252. The summed E-state index contributed by atoms with van der Waals surface area (Å²) < 4.78 is 23.6. The van der Waals surface area contributed by atoms with Gasteiger partial charge in [0.05, 0.1) is 17.6 Å². The van der Waals surface area contributed by atoms with Crippen LogP contribution in [0.15, 0.2) is 39.9 Å². The zero-order chi connectivity index (χ0) is 25.6. The van der Waals surface area contributed by atoms with E-state index in [1.165, 1.54) is 10.8 Å². The lowest BCUT2D eigenvalue weighted by Gasteiger charge is -2.32. The SMILES string of the molecule is CC[C@]1(O)c2ccn(Cc3cc4cc5c(cc4nc3Br)OCCO5)c(=O)c2COC(=O)[C@@H]1OC(C)=O. The Hall–Kier alpha value is -3.44. The molecule has 36 heavy (non-hydrogen) atoms. The van der Waals surface area contributed by atoms with Crippen molar-refractivity contribution in [1.82, 2.24) is 9.55 Å². The highest BCUT2D eigenvalue weighted by Crippen LogP contribution is 2.37. The molecule has 0 amide bonds. The van der Waals surface area contributed by atoms with Crippen molar-refractivity contribution >= 4 is 38.8 Å². The summed E-state index contributed by atoms with van der Waals surface area (Å²) >= 11 is 3.49. The number of hydrogen-bond acceptors (Lipinski definition) is 9. The zero-order valence-corrected chi connectivity index (χ0v) is 21.2. The van der Waals surface area contributed by atoms with E-state index in [0.29, 0.717) is 34.8 Å². The molecule has 4 heterocycles. The topological polar surface area (TPSA) is 126 Å². The van der Waals surface area contributed by atoms with Crippen LogP contribution >= 0.6 is 15.9 Å². The van der Waals surface area contributed by atoms with Crippen LogP contribution in [0.25, 0.3) is 10.9 Å². The van der Waals surface area contributed by atoms with Crippen LogP contribution in [0.3, 0.4) is 0 Å². The molecule has 188 valence electrons. The first-order valence-electron chi connectivity index (χ1n) is 11.4. The van der Waals surface area contributed by atoms with E-state index in [1.54, 1.807) is 13.0 Å². The van der Waals surface area contributed by atoms with Crippen LogP contribution < -0.4 is 15.0 Å². The number of rotatable bonds is 4. The second-order valence-corrected chi connectivity index (χ2v) is 9.39. The second kappa shape index (κ2) is 9.21. The number of ether oxygens (including phenoxy) is 4. The fraction of sp³-hybridized carbons (Fsp3) is 0.360. The van der Waals surface area contributed by atoms with Crippen molar-refractivity contribution in [2.24, 2.45) is 0 Å². The zero-order valence-electron chi connectivity index (χ0n) is 19.6. The Morgan fingerprint density at radius 1 is 1.22 bits per heavy atom. The first-order chi connectivity index (χ1) is 17.2. The van der Waals surface area contributed by atoms with E-state index in [9.17, 15) is 19.5 Å². The third-order valence-electron chi connectivity index (χ3n) is 6.41. The van der Waals surface area contributed by atoms with Gasteiger partial charge in [-0.25, -0.2) is 9.78 Å². The highest BCUT2D eigenvalue weighted by Gasteiger charge is 2.49. The van der Waals surface area contributed by atoms with Crippen molar-refractivity contribution < 1.29 is 33.6 Å². The fourth-order valence-electron chi connectivity index (χ4n) is 4.56. The molecule has 10 nitrogen and oxygen atoms in total. The first kappa shape index (κ1) is 24.3. The Bertz CT molecular complexity index is 1450. The Balaban J connectivity index is 1.54. The third-order valence-corrected chi connectivity index (χ3v) is 7.09. The maximum Gasteiger partial charge on any atom is 0.351 e. The molecule has 2 atom stereocenters. The summed E-state index contributed by atoms with van der Waals surface area (Å²) in [6, 6.07) is 7.12. The highest BCUT2D eigenvalue weighted by molar-refractivity contribution is 9.10. The smallest absolute Gasteiger partial charge is 0.351 e. The van der Waals surface area contributed by atoms with Crippen molar-refractivity contribution in [3.8, 4) is 11.5 Å². The molecule has 0 bridgehead atoms. The number of aliphatic hydroxyl groups is 1. The standard InChI is InChI=1S/C25H23BrN2O8/c1-3-25(32)17-4-5-28(23(30)16(17)12-35-24(31)21(25)36-13(2)29)11-15-8-14-9-19-20(34-7-6-33-19)10-18(14)27-22(15)26/h4-5,8-10,21,32H,3,6-7,11-12H2,1-2H3/t21-,25-/m0/s1. The summed E-state index contributed by atoms with van der Waals surface area (Å²) in [5.74, 6) is -0.387. The molecule has 5 rings (SSSR count). The molecule has 1 aromatic carbocycles. The number of esters is 2. The molecule has 3 aromatic rings. The molecular weight excluding hydrogens is 536 g/mol. The predicted octanol–water partition coefficient (Wildman–Crippen LogP) is 2.56. The van der Waals surface area contributed by atoms with E-state index in [2.05, 4.69) is 20.9 Å². The summed E-state index contributed by atoms with van der Waals surface area (Å²) in [5.41, 5.74) is -0.586. The van der Waals surface area contributed by atoms with Crippen molar-refractivity contribution in [3.05, 3.63) is 62.1 Å². The number of carbonyl (C=O) groups excluding carboxylic acids is 2. The molecule has 2 aliphatic heterocycles. The Morgan fingerprint density at radius 3 is 2.64 bits per heavy atom. The minimum Gasteiger partial charge on any atom is -0.486 e. The van der Waals surface area contributed by atoms with Gasteiger partial charge in [-0.15, -0.1) is 0 Å². The molecule has 0 spiro atoms. The van der Waals surface area contributed by atoms with E-state index >= 15 is 0 Å². The number of aromatic nitrogens is 2. The summed E-state index contributed by atoms with van der Waals surface area (Å²) in [7, 11) is 0. The number of benzene rings is 1. The molecule has 0 unspecified atom stereocenters. The van der Waals surface area contributed by atoms with Gasteiger partial charge in [-0.2, -0.15) is 0 Å². The normalized spacial score (nSPS) is 20.9. The maximum absolute atomic E-state index is 13.5. The molecular formula is C25H23BrN2O8. The lowest BCUT2D eigenvalue weighted by molar-refractivity contribution is -0.186. The van der Waals surface area contributed by atoms with Crippen LogP contribution in [-0.4, -0.2) is 45.9 Å². The van der Waals surface area contributed by atoms with Gasteiger partial charge in [-0.1, -0.05) is 6.92 Å². The van der Waals surface area contributed by atoms with Gasteiger partial charge in [0.1, 0.15) is 30.0 Å². The van der Waals surface area contributed by atoms with Crippen LogP contribution in [0.2, 0.25) is 0 Å². The molecule has 2 aromatic heterocycles. The van der Waals surface area contributed by atoms with Crippen LogP contribution in [0.4, 0.5) is 0 Å². The molecule has 0 aliphatic carbocycles. The molecule has 0 saturated heterocycles. The van der Waals surface area contributed by atoms with E-state index in [1.807, 2.05) is 18.2 Å². The average Bonchev–Trinajstić information content (AvgIpc) is 2.95. The van der Waals surface area contributed by atoms with Crippen LogP contribution in [-0.2, 0) is 37.8 Å². The van der Waals surface area contributed by atoms with E-state index < -0.39 is 29.2 Å². The van der Waals surface area contributed by atoms with Gasteiger partial charge in [0.15, 0.2) is 11.5 Å². The Kier molecular flexibility index (Phi) is 6.21. The third kappa shape index (κ3) is 4.11. The van der Waals surface area contributed by atoms with Crippen molar-refractivity contribution in [3.63, 3.8) is 0 Å². The minimum atomic E-state index is -1.90. The highest BCUT2D eigenvalue weighted by atomic mass is 79.9. The summed E-state index contributed by atoms with van der Waals surface area (Å²) in [5, 5.41) is 12.2. The first-order valence-corrected chi connectivity index (χ1v) is 12.2. The van der Waals surface area contributed by atoms with Crippen LogP contribution in [0.1, 0.15) is 37.0 Å². The number of carbonyl (C=O) groups is 2. The van der Waals surface area contributed by atoms with Crippen LogP contribution in [0.5, 0.6) is 11.5 Å². The maximum atomic E-state index is 13.5. The molecule has 1 N–H and O–H groups in total. The van der Waals surface area contributed by atoms with Gasteiger partial charge in [-0.05, 0) is 40.5 Å². The number of cyclic esters (lactones) is 1. The van der Waals surface area contributed by atoms with Crippen molar-refractivity contribution in [1.29, 1.82) is 0 Å². The van der Waals surface area contributed by atoms with Gasteiger partial charge in [-0.3, -0.25) is 9.59 Å². The van der Waals surface area contributed by atoms with Gasteiger partial charge >= 0.3 is 11.9 Å². The van der Waals surface area contributed by atoms with E-state index in [-0.39, 0.29) is 30.7 Å². The Morgan fingerprint density at radius 2 is 1.94 bits per heavy atom. The molecule has 2 aliphatic rings. The Labute approximate surface area is 213 Å². The average molecular weight is 559 g/mol. The number of pyridine rings is 2. The van der Waals surface area contributed by atoms with Gasteiger partial charge in [0.25, 0.3) is 5.56 Å². The monoisotopic (exact) mass is 558 g/mol. The predicted molar refractivity (Wildman–Crippen MR) is 130 cm³/mol. The van der Waals surface area contributed by atoms with Gasteiger partial charge in [0.2, 0.25) is 6.10 Å².